The first-order valence-corrected chi connectivity index (χ1v) is 11.6. The quantitative estimate of drug-likeness (QED) is 0.510. The van der Waals surface area contributed by atoms with Crippen LogP contribution in [0.3, 0.4) is 0 Å². The number of aliphatic imine (C=N–C) groups is 1. The van der Waals surface area contributed by atoms with Crippen molar-refractivity contribution in [1.82, 2.24) is 25.4 Å². The molecule has 1 aromatic carbocycles. The molecule has 8 heteroatoms. The standard InChI is InChI=1S/C24H34N6O2/c1-18-6-8-19(9-7-18)22-28-21(17-32-22)16-27-24(25-2)26-10-11-29-12-14-30(15-13-29)23(31)20-4-3-5-20/h6-9,17,20H,3-5,10-16H2,1-2H3,(H2,25,26,27). The Morgan fingerprint density at radius 2 is 1.91 bits per heavy atom. The second-order valence-corrected chi connectivity index (χ2v) is 8.66. The van der Waals surface area contributed by atoms with Gasteiger partial charge < -0.3 is 20.0 Å². The molecule has 0 bridgehead atoms. The van der Waals surface area contributed by atoms with Crippen LogP contribution >= 0.6 is 0 Å². The Morgan fingerprint density at radius 3 is 2.56 bits per heavy atom. The van der Waals surface area contributed by atoms with Crippen molar-refractivity contribution in [2.24, 2.45) is 10.9 Å². The highest BCUT2D eigenvalue weighted by Crippen LogP contribution is 2.28. The van der Waals surface area contributed by atoms with E-state index in [9.17, 15) is 4.79 Å². The Balaban J connectivity index is 1.15. The maximum atomic E-state index is 12.4. The summed E-state index contributed by atoms with van der Waals surface area (Å²) in [5, 5.41) is 6.65. The Labute approximate surface area is 190 Å². The summed E-state index contributed by atoms with van der Waals surface area (Å²) >= 11 is 0. The molecule has 0 unspecified atom stereocenters. The molecule has 1 aliphatic carbocycles. The van der Waals surface area contributed by atoms with Gasteiger partial charge in [-0.2, -0.15) is 0 Å². The first kappa shape index (κ1) is 22.3. The lowest BCUT2D eigenvalue weighted by Gasteiger charge is -2.38. The summed E-state index contributed by atoms with van der Waals surface area (Å²) in [6.45, 7) is 7.88. The number of hydrogen-bond donors (Lipinski definition) is 2. The van der Waals surface area contributed by atoms with Gasteiger partial charge in [0.05, 0.1) is 12.2 Å². The zero-order chi connectivity index (χ0) is 22.3. The fraction of sp³-hybridized carbons (Fsp3) is 0.542. The number of oxazole rings is 1. The van der Waals surface area contributed by atoms with Crippen LogP contribution in [0.5, 0.6) is 0 Å². The van der Waals surface area contributed by atoms with Crippen LogP contribution in [-0.4, -0.2) is 73.0 Å². The number of nitrogens with zero attached hydrogens (tertiary/aromatic N) is 4. The molecule has 0 radical (unpaired) electrons. The van der Waals surface area contributed by atoms with Gasteiger partial charge in [-0.05, 0) is 31.9 Å². The van der Waals surface area contributed by atoms with Gasteiger partial charge in [0.15, 0.2) is 5.96 Å². The van der Waals surface area contributed by atoms with E-state index in [0.717, 1.165) is 69.3 Å². The lowest BCUT2D eigenvalue weighted by atomic mass is 9.84. The van der Waals surface area contributed by atoms with E-state index in [1.807, 2.05) is 12.1 Å². The molecule has 2 heterocycles. The zero-order valence-electron chi connectivity index (χ0n) is 19.1. The number of carbonyl (C=O) groups excluding carboxylic acids is 1. The summed E-state index contributed by atoms with van der Waals surface area (Å²) in [4.78, 5) is 25.7. The summed E-state index contributed by atoms with van der Waals surface area (Å²) in [5.74, 6) is 2.04. The lowest BCUT2D eigenvalue weighted by molar-refractivity contribution is -0.139. The van der Waals surface area contributed by atoms with E-state index in [2.05, 4.69) is 49.5 Å². The Hall–Kier alpha value is -2.87. The summed E-state index contributed by atoms with van der Waals surface area (Å²) < 4.78 is 5.62. The number of rotatable bonds is 7. The molecule has 1 aliphatic heterocycles. The molecular weight excluding hydrogens is 404 g/mol. The van der Waals surface area contributed by atoms with E-state index in [-0.39, 0.29) is 0 Å². The van der Waals surface area contributed by atoms with E-state index >= 15 is 0 Å². The van der Waals surface area contributed by atoms with Gasteiger partial charge in [-0.1, -0.05) is 24.1 Å². The third kappa shape index (κ3) is 5.68. The van der Waals surface area contributed by atoms with Gasteiger partial charge in [-0.25, -0.2) is 4.98 Å². The Kier molecular flexibility index (Phi) is 7.42. The normalized spacial score (nSPS) is 17.8. The second kappa shape index (κ2) is 10.6. The average molecular weight is 439 g/mol. The van der Waals surface area contributed by atoms with Gasteiger partial charge in [-0.3, -0.25) is 14.7 Å². The van der Waals surface area contributed by atoms with Crippen molar-refractivity contribution in [1.29, 1.82) is 0 Å². The van der Waals surface area contributed by atoms with E-state index in [0.29, 0.717) is 24.3 Å². The molecule has 2 N–H and O–H groups in total. The third-order valence-electron chi connectivity index (χ3n) is 6.37. The zero-order valence-corrected chi connectivity index (χ0v) is 19.1. The van der Waals surface area contributed by atoms with E-state index < -0.39 is 0 Å². The number of guanidine groups is 1. The monoisotopic (exact) mass is 438 g/mol. The van der Waals surface area contributed by atoms with Crippen molar-refractivity contribution in [3.63, 3.8) is 0 Å². The van der Waals surface area contributed by atoms with Crippen LogP contribution in [0.15, 0.2) is 39.9 Å². The SMILES string of the molecule is CN=C(NCCN1CCN(C(=O)C2CCC2)CC1)NCc1coc(-c2ccc(C)cc2)n1. The predicted octanol–water partition coefficient (Wildman–Crippen LogP) is 2.26. The minimum absolute atomic E-state index is 0.301. The topological polar surface area (TPSA) is 86.0 Å². The van der Waals surface area contributed by atoms with Crippen LogP contribution in [-0.2, 0) is 11.3 Å². The fourth-order valence-corrected chi connectivity index (χ4v) is 4.05. The summed E-state index contributed by atoms with van der Waals surface area (Å²) in [6, 6.07) is 8.13. The van der Waals surface area contributed by atoms with Crippen LogP contribution < -0.4 is 10.6 Å². The minimum Gasteiger partial charge on any atom is -0.444 e. The van der Waals surface area contributed by atoms with E-state index in [4.69, 9.17) is 4.42 Å². The van der Waals surface area contributed by atoms with Crippen molar-refractivity contribution in [2.45, 2.75) is 32.7 Å². The number of hydrogen-bond acceptors (Lipinski definition) is 5. The molecule has 1 saturated heterocycles. The number of aryl methyl sites for hydroxylation is 1. The number of nitrogens with one attached hydrogen (secondary N) is 2. The minimum atomic E-state index is 0.301. The number of aromatic nitrogens is 1. The summed E-state index contributed by atoms with van der Waals surface area (Å²) in [7, 11) is 1.76. The smallest absolute Gasteiger partial charge is 0.226 e. The first-order valence-electron chi connectivity index (χ1n) is 11.6. The molecule has 8 nitrogen and oxygen atoms in total. The van der Waals surface area contributed by atoms with Gasteiger partial charge in [0, 0.05) is 57.8 Å². The van der Waals surface area contributed by atoms with E-state index in [1.165, 1.54) is 12.0 Å². The molecule has 1 amide bonds. The van der Waals surface area contributed by atoms with Crippen LogP contribution in [0, 0.1) is 12.8 Å². The highest BCUT2D eigenvalue weighted by molar-refractivity contribution is 5.80. The van der Waals surface area contributed by atoms with Gasteiger partial charge in [0.1, 0.15) is 6.26 Å². The predicted molar refractivity (Wildman–Crippen MR) is 125 cm³/mol. The Morgan fingerprint density at radius 1 is 1.16 bits per heavy atom. The van der Waals surface area contributed by atoms with Gasteiger partial charge >= 0.3 is 0 Å². The first-order chi connectivity index (χ1) is 15.6. The summed E-state index contributed by atoms with van der Waals surface area (Å²) in [6.07, 6.45) is 5.05. The van der Waals surface area contributed by atoms with Crippen LogP contribution in [0.4, 0.5) is 0 Å². The number of amides is 1. The molecule has 1 aromatic heterocycles. The number of carbonyl (C=O) groups is 1. The third-order valence-corrected chi connectivity index (χ3v) is 6.37. The van der Waals surface area contributed by atoms with Gasteiger partial charge in [0.2, 0.25) is 11.8 Å². The molecule has 4 rings (SSSR count). The average Bonchev–Trinajstić information content (AvgIpc) is 3.25. The Bertz CT molecular complexity index is 911. The molecule has 2 aliphatic rings. The molecular formula is C24H34N6O2. The van der Waals surface area contributed by atoms with Gasteiger partial charge in [-0.15, -0.1) is 0 Å². The highest BCUT2D eigenvalue weighted by Gasteiger charge is 2.30. The van der Waals surface area contributed by atoms with Crippen LogP contribution in [0.2, 0.25) is 0 Å². The van der Waals surface area contributed by atoms with Crippen LogP contribution in [0.25, 0.3) is 11.5 Å². The van der Waals surface area contributed by atoms with Crippen molar-refractivity contribution >= 4 is 11.9 Å². The van der Waals surface area contributed by atoms with Crippen molar-refractivity contribution in [2.75, 3.05) is 46.3 Å². The van der Waals surface area contributed by atoms with Crippen molar-refractivity contribution in [3.8, 4) is 11.5 Å². The molecule has 32 heavy (non-hydrogen) atoms. The summed E-state index contributed by atoms with van der Waals surface area (Å²) in [5.41, 5.74) is 3.01. The highest BCUT2D eigenvalue weighted by atomic mass is 16.3. The molecule has 172 valence electrons. The molecule has 2 aromatic rings. The number of piperazine rings is 1. The van der Waals surface area contributed by atoms with E-state index in [1.54, 1.807) is 13.3 Å². The van der Waals surface area contributed by atoms with Crippen molar-refractivity contribution in [3.05, 3.63) is 41.8 Å². The lowest BCUT2D eigenvalue weighted by Crippen LogP contribution is -2.52. The van der Waals surface area contributed by atoms with Crippen molar-refractivity contribution < 1.29 is 9.21 Å². The largest absolute Gasteiger partial charge is 0.444 e. The van der Waals surface area contributed by atoms with Gasteiger partial charge in [0.25, 0.3) is 0 Å². The number of benzene rings is 1. The molecule has 0 spiro atoms. The molecule has 1 saturated carbocycles. The maximum Gasteiger partial charge on any atom is 0.226 e. The molecule has 2 fully saturated rings. The fourth-order valence-electron chi connectivity index (χ4n) is 4.05. The second-order valence-electron chi connectivity index (χ2n) is 8.66. The molecule has 0 atom stereocenters. The maximum absolute atomic E-state index is 12.4. The van der Waals surface area contributed by atoms with Crippen LogP contribution in [0.1, 0.15) is 30.5 Å².